The highest BCUT2D eigenvalue weighted by Gasteiger charge is 2.17. The molecule has 0 aromatic heterocycles. The molecule has 4 heteroatoms. The topological polar surface area (TPSA) is 60.4 Å². The van der Waals surface area contributed by atoms with Crippen LogP contribution >= 0.6 is 0 Å². The SMILES string of the molecule is O=C1CCCCCCC(=O)C(=O)OC1. The van der Waals surface area contributed by atoms with Crippen LogP contribution in [-0.2, 0) is 19.1 Å². The molecule has 78 valence electrons. The van der Waals surface area contributed by atoms with E-state index in [4.69, 9.17) is 0 Å². The van der Waals surface area contributed by atoms with Crippen molar-refractivity contribution in [3.63, 3.8) is 0 Å². The number of ether oxygens (including phenoxy) is 1. The Morgan fingerprint density at radius 1 is 0.857 bits per heavy atom. The van der Waals surface area contributed by atoms with E-state index in [0.717, 1.165) is 19.3 Å². The molecule has 0 unspecified atom stereocenters. The van der Waals surface area contributed by atoms with Crippen molar-refractivity contribution in [3.05, 3.63) is 0 Å². The number of hydrogen-bond acceptors (Lipinski definition) is 4. The molecule has 0 spiro atoms. The number of carbonyl (C=O) groups excluding carboxylic acids is 3. The molecule has 1 fully saturated rings. The number of esters is 1. The van der Waals surface area contributed by atoms with Gasteiger partial charge in [0, 0.05) is 12.8 Å². The summed E-state index contributed by atoms with van der Waals surface area (Å²) < 4.78 is 4.56. The molecule has 1 aliphatic heterocycles. The maximum atomic E-state index is 11.1. The Kier molecular flexibility index (Phi) is 4.29. The van der Waals surface area contributed by atoms with E-state index in [1.165, 1.54) is 0 Å². The lowest BCUT2D eigenvalue weighted by Gasteiger charge is -2.00. The number of cyclic esters (lactones) is 1. The number of Topliss-reactive ketones (excluding diaryl/α,β-unsaturated/α-hetero) is 2. The predicted octanol–water partition coefficient (Wildman–Crippen LogP) is 1.02. The summed E-state index contributed by atoms with van der Waals surface area (Å²) in [6.07, 6.45) is 4.06. The molecular formula is C10H14O4. The van der Waals surface area contributed by atoms with E-state index >= 15 is 0 Å². The quantitative estimate of drug-likeness (QED) is 0.430. The number of ketones is 2. The molecule has 0 aliphatic carbocycles. The van der Waals surface area contributed by atoms with Gasteiger partial charge in [-0.3, -0.25) is 9.59 Å². The van der Waals surface area contributed by atoms with Gasteiger partial charge in [0.1, 0.15) is 6.61 Å². The van der Waals surface area contributed by atoms with Gasteiger partial charge < -0.3 is 4.74 Å². The third-order valence-electron chi connectivity index (χ3n) is 2.20. The minimum absolute atomic E-state index is 0.104. The summed E-state index contributed by atoms with van der Waals surface area (Å²) in [5.41, 5.74) is 0. The van der Waals surface area contributed by atoms with Crippen LogP contribution in [-0.4, -0.2) is 24.1 Å². The van der Waals surface area contributed by atoms with Crippen LogP contribution in [0.1, 0.15) is 38.5 Å². The standard InChI is InChI=1S/C10H14O4/c11-8-5-3-1-2-4-6-9(12)10(13)14-7-8/h1-7H2. The highest BCUT2D eigenvalue weighted by Crippen LogP contribution is 2.08. The lowest BCUT2D eigenvalue weighted by Crippen LogP contribution is -2.20. The summed E-state index contributed by atoms with van der Waals surface area (Å²) in [5.74, 6) is -1.48. The summed E-state index contributed by atoms with van der Waals surface area (Å²) in [6, 6.07) is 0. The molecule has 0 aromatic carbocycles. The second kappa shape index (κ2) is 5.52. The zero-order valence-corrected chi connectivity index (χ0v) is 8.08. The minimum Gasteiger partial charge on any atom is -0.452 e. The van der Waals surface area contributed by atoms with Crippen LogP contribution in [0.2, 0.25) is 0 Å². The molecule has 4 nitrogen and oxygen atoms in total. The first-order chi connectivity index (χ1) is 6.70. The first-order valence-corrected chi connectivity index (χ1v) is 4.92. The van der Waals surface area contributed by atoms with Crippen LogP contribution in [0.25, 0.3) is 0 Å². The maximum Gasteiger partial charge on any atom is 0.375 e. The zero-order valence-electron chi connectivity index (χ0n) is 8.08. The Labute approximate surface area is 82.6 Å². The summed E-state index contributed by atoms with van der Waals surface area (Å²) >= 11 is 0. The van der Waals surface area contributed by atoms with Gasteiger partial charge in [-0.15, -0.1) is 0 Å². The first kappa shape index (κ1) is 10.9. The molecule has 1 aliphatic rings. The summed E-state index contributed by atoms with van der Waals surface area (Å²) in [5, 5.41) is 0. The highest BCUT2D eigenvalue weighted by atomic mass is 16.5. The van der Waals surface area contributed by atoms with Gasteiger partial charge in [-0.2, -0.15) is 0 Å². The van der Waals surface area contributed by atoms with E-state index < -0.39 is 11.8 Å². The largest absolute Gasteiger partial charge is 0.452 e. The van der Waals surface area contributed by atoms with E-state index in [2.05, 4.69) is 4.74 Å². The van der Waals surface area contributed by atoms with Crippen molar-refractivity contribution in [1.29, 1.82) is 0 Å². The molecule has 0 N–H and O–H groups in total. The molecule has 0 atom stereocenters. The average molecular weight is 198 g/mol. The number of rotatable bonds is 0. The van der Waals surface area contributed by atoms with Gasteiger partial charge >= 0.3 is 5.97 Å². The Morgan fingerprint density at radius 3 is 2.21 bits per heavy atom. The second-order valence-electron chi connectivity index (χ2n) is 3.45. The van der Waals surface area contributed by atoms with Gasteiger partial charge in [0.2, 0.25) is 5.78 Å². The van der Waals surface area contributed by atoms with Crippen molar-refractivity contribution >= 4 is 17.5 Å². The van der Waals surface area contributed by atoms with E-state index in [1.807, 2.05) is 0 Å². The van der Waals surface area contributed by atoms with Crippen LogP contribution in [0, 0.1) is 0 Å². The van der Waals surface area contributed by atoms with Crippen LogP contribution in [0.5, 0.6) is 0 Å². The molecule has 1 heterocycles. The van der Waals surface area contributed by atoms with E-state index in [0.29, 0.717) is 12.8 Å². The van der Waals surface area contributed by atoms with Crippen molar-refractivity contribution in [2.75, 3.05) is 6.61 Å². The molecule has 0 saturated carbocycles. The zero-order chi connectivity index (χ0) is 10.4. The van der Waals surface area contributed by atoms with Crippen LogP contribution in [0.4, 0.5) is 0 Å². The molecular weight excluding hydrogens is 184 g/mol. The van der Waals surface area contributed by atoms with E-state index in [9.17, 15) is 14.4 Å². The fourth-order valence-corrected chi connectivity index (χ4v) is 1.36. The van der Waals surface area contributed by atoms with Crippen molar-refractivity contribution in [2.45, 2.75) is 38.5 Å². The van der Waals surface area contributed by atoms with Gasteiger partial charge in [-0.25, -0.2) is 4.79 Å². The predicted molar refractivity (Wildman–Crippen MR) is 48.7 cm³/mol. The lowest BCUT2D eigenvalue weighted by atomic mass is 10.1. The van der Waals surface area contributed by atoms with Gasteiger partial charge in [0.15, 0.2) is 5.78 Å². The third kappa shape index (κ3) is 3.68. The number of carbonyl (C=O) groups is 3. The molecule has 1 saturated heterocycles. The summed E-state index contributed by atoms with van der Waals surface area (Å²) in [6.45, 7) is -0.245. The monoisotopic (exact) mass is 198 g/mol. The summed E-state index contributed by atoms with van der Waals surface area (Å²) in [7, 11) is 0. The Balaban J connectivity index is 2.48. The lowest BCUT2D eigenvalue weighted by molar-refractivity contribution is -0.155. The molecule has 14 heavy (non-hydrogen) atoms. The fraction of sp³-hybridized carbons (Fsp3) is 0.700. The first-order valence-electron chi connectivity index (χ1n) is 4.92. The van der Waals surface area contributed by atoms with Crippen LogP contribution < -0.4 is 0 Å². The highest BCUT2D eigenvalue weighted by molar-refractivity contribution is 6.33. The minimum atomic E-state index is -0.861. The fourth-order valence-electron chi connectivity index (χ4n) is 1.36. The summed E-state index contributed by atoms with van der Waals surface area (Å²) in [4.78, 5) is 33.1. The van der Waals surface area contributed by atoms with Crippen molar-refractivity contribution < 1.29 is 19.1 Å². The van der Waals surface area contributed by atoms with Crippen molar-refractivity contribution in [1.82, 2.24) is 0 Å². The van der Waals surface area contributed by atoms with Gasteiger partial charge in [-0.05, 0) is 12.8 Å². The maximum absolute atomic E-state index is 11.1. The van der Waals surface area contributed by atoms with Crippen molar-refractivity contribution in [3.8, 4) is 0 Å². The second-order valence-corrected chi connectivity index (χ2v) is 3.45. The normalized spacial score (nSPS) is 21.3. The van der Waals surface area contributed by atoms with Gasteiger partial charge in [-0.1, -0.05) is 12.8 Å². The molecule has 0 bridgehead atoms. The molecule has 0 amide bonds. The van der Waals surface area contributed by atoms with Crippen molar-refractivity contribution in [2.24, 2.45) is 0 Å². The number of hydrogen-bond donors (Lipinski definition) is 0. The van der Waals surface area contributed by atoms with Crippen LogP contribution in [0.3, 0.4) is 0 Å². The Hall–Kier alpha value is -1.19. The van der Waals surface area contributed by atoms with E-state index in [1.54, 1.807) is 0 Å². The third-order valence-corrected chi connectivity index (χ3v) is 2.20. The van der Waals surface area contributed by atoms with E-state index in [-0.39, 0.29) is 18.8 Å². The smallest absolute Gasteiger partial charge is 0.375 e. The van der Waals surface area contributed by atoms with Gasteiger partial charge in [0.25, 0.3) is 0 Å². The average Bonchev–Trinajstić information content (AvgIpc) is 2.20. The molecule has 1 rings (SSSR count). The van der Waals surface area contributed by atoms with Crippen LogP contribution in [0.15, 0.2) is 0 Å². The van der Waals surface area contributed by atoms with Gasteiger partial charge in [0.05, 0.1) is 0 Å². The Morgan fingerprint density at radius 2 is 1.50 bits per heavy atom. The molecule has 0 aromatic rings. The Bertz CT molecular complexity index is 245. The molecule has 0 radical (unpaired) electrons.